The minimum absolute atomic E-state index is 0.789. The Hall–Kier alpha value is -1.29. The highest BCUT2D eigenvalue weighted by Crippen LogP contribution is 2.17. The number of rotatable bonds is 3. The van der Waals surface area contributed by atoms with Gasteiger partial charge < -0.3 is 10.3 Å². The monoisotopic (exact) mass is 265 g/mol. The molecule has 0 bridgehead atoms. The number of nitrogens with one attached hydrogen (secondary N) is 2. The van der Waals surface area contributed by atoms with E-state index in [-0.39, 0.29) is 0 Å². The molecule has 2 rings (SSSR count). The van der Waals surface area contributed by atoms with Crippen molar-refractivity contribution in [3.05, 3.63) is 46.3 Å². The van der Waals surface area contributed by atoms with E-state index in [0.717, 1.165) is 16.8 Å². The smallest absolute Gasteiger partial charge is 0.126 e. The van der Waals surface area contributed by atoms with Gasteiger partial charge in [0.25, 0.3) is 0 Å². The van der Waals surface area contributed by atoms with Gasteiger partial charge in [-0.1, -0.05) is 0 Å². The highest BCUT2D eigenvalue weighted by atomic mass is 79.9. The second-order valence-corrected chi connectivity index (χ2v) is 4.25. The summed E-state index contributed by atoms with van der Waals surface area (Å²) in [5.74, 6) is 0.900. The highest BCUT2D eigenvalue weighted by molar-refractivity contribution is 9.10. The predicted octanol–water partition coefficient (Wildman–Crippen LogP) is 3.09. The lowest BCUT2D eigenvalue weighted by atomic mass is 10.3. The number of nitrogens with zero attached hydrogens (tertiary/aromatic N) is 1. The van der Waals surface area contributed by atoms with Gasteiger partial charge in [-0.2, -0.15) is 0 Å². The summed E-state index contributed by atoms with van der Waals surface area (Å²) in [7, 11) is 0. The van der Waals surface area contributed by atoms with E-state index in [9.17, 15) is 0 Å². The van der Waals surface area contributed by atoms with Gasteiger partial charge in [0.05, 0.1) is 0 Å². The summed E-state index contributed by atoms with van der Waals surface area (Å²) in [5.41, 5.74) is 2.40. The van der Waals surface area contributed by atoms with Crippen molar-refractivity contribution in [2.24, 2.45) is 0 Å². The molecule has 2 heterocycles. The molecule has 78 valence electrons. The van der Waals surface area contributed by atoms with Crippen molar-refractivity contribution >= 4 is 21.7 Å². The van der Waals surface area contributed by atoms with E-state index < -0.39 is 0 Å². The van der Waals surface area contributed by atoms with Gasteiger partial charge >= 0.3 is 0 Å². The summed E-state index contributed by atoms with van der Waals surface area (Å²) in [6.07, 6.45) is 5.70. The van der Waals surface area contributed by atoms with E-state index >= 15 is 0 Å². The lowest BCUT2D eigenvalue weighted by molar-refractivity contribution is 1.10. The second kappa shape index (κ2) is 4.49. The van der Waals surface area contributed by atoms with Crippen LogP contribution in [-0.2, 0) is 6.54 Å². The third-order valence-corrected chi connectivity index (χ3v) is 3.01. The zero-order chi connectivity index (χ0) is 10.7. The SMILES string of the molecule is Cc1cc(NCc2cc[nH]c2)ncc1Br. The van der Waals surface area contributed by atoms with Gasteiger partial charge in [-0.15, -0.1) is 0 Å². The summed E-state index contributed by atoms with van der Waals surface area (Å²) in [5, 5.41) is 3.26. The average molecular weight is 266 g/mol. The number of hydrogen-bond donors (Lipinski definition) is 2. The minimum Gasteiger partial charge on any atom is -0.367 e. The van der Waals surface area contributed by atoms with E-state index in [1.165, 1.54) is 11.1 Å². The fourth-order valence-corrected chi connectivity index (χ4v) is 1.51. The van der Waals surface area contributed by atoms with Gasteiger partial charge in [-0.3, -0.25) is 0 Å². The van der Waals surface area contributed by atoms with Crippen molar-refractivity contribution in [2.45, 2.75) is 13.5 Å². The van der Waals surface area contributed by atoms with Crippen LogP contribution in [0.1, 0.15) is 11.1 Å². The first kappa shape index (κ1) is 10.2. The first-order valence-corrected chi connectivity index (χ1v) is 5.52. The average Bonchev–Trinajstić information content (AvgIpc) is 2.73. The Morgan fingerprint density at radius 1 is 1.53 bits per heavy atom. The van der Waals surface area contributed by atoms with Crippen molar-refractivity contribution in [3.63, 3.8) is 0 Å². The van der Waals surface area contributed by atoms with E-state index in [1.54, 1.807) is 0 Å². The molecule has 0 saturated heterocycles. The van der Waals surface area contributed by atoms with Gasteiger partial charge in [-0.05, 0) is 46.1 Å². The molecule has 2 aromatic rings. The van der Waals surface area contributed by atoms with Crippen LogP contribution in [-0.4, -0.2) is 9.97 Å². The van der Waals surface area contributed by atoms with Gasteiger partial charge in [0.2, 0.25) is 0 Å². The Bertz CT molecular complexity index is 437. The molecule has 0 fully saturated rings. The summed E-state index contributed by atoms with van der Waals surface area (Å²) in [6.45, 7) is 2.84. The second-order valence-electron chi connectivity index (χ2n) is 3.39. The van der Waals surface area contributed by atoms with Gasteiger partial charge in [0, 0.05) is 29.6 Å². The Balaban J connectivity index is 2.02. The Morgan fingerprint density at radius 2 is 2.40 bits per heavy atom. The largest absolute Gasteiger partial charge is 0.367 e. The fraction of sp³-hybridized carbons (Fsp3) is 0.182. The minimum atomic E-state index is 0.789. The Kier molecular flexibility index (Phi) is 3.06. The van der Waals surface area contributed by atoms with Crippen LogP contribution >= 0.6 is 15.9 Å². The molecule has 4 heteroatoms. The zero-order valence-corrected chi connectivity index (χ0v) is 10.0. The van der Waals surface area contributed by atoms with E-state index in [4.69, 9.17) is 0 Å². The molecule has 0 spiro atoms. The van der Waals surface area contributed by atoms with Gasteiger partial charge in [0.1, 0.15) is 5.82 Å². The highest BCUT2D eigenvalue weighted by Gasteiger charge is 1.98. The van der Waals surface area contributed by atoms with Crippen LogP contribution in [0.25, 0.3) is 0 Å². The van der Waals surface area contributed by atoms with Crippen molar-refractivity contribution in [3.8, 4) is 0 Å². The lowest BCUT2D eigenvalue weighted by Crippen LogP contribution is -2.00. The first-order valence-electron chi connectivity index (χ1n) is 4.73. The fourth-order valence-electron chi connectivity index (χ4n) is 1.30. The van der Waals surface area contributed by atoms with E-state index in [2.05, 4.69) is 31.2 Å². The van der Waals surface area contributed by atoms with Crippen LogP contribution in [0.2, 0.25) is 0 Å². The molecule has 0 aliphatic heterocycles. The quantitative estimate of drug-likeness (QED) is 0.896. The Labute approximate surface area is 97.1 Å². The summed E-state index contributed by atoms with van der Waals surface area (Å²) in [6, 6.07) is 4.06. The van der Waals surface area contributed by atoms with Crippen molar-refractivity contribution in [1.29, 1.82) is 0 Å². The molecular weight excluding hydrogens is 254 g/mol. The normalized spacial score (nSPS) is 10.3. The van der Waals surface area contributed by atoms with Crippen LogP contribution in [0.5, 0.6) is 0 Å². The number of aromatic amines is 1. The van der Waals surface area contributed by atoms with Crippen LogP contribution in [0.15, 0.2) is 35.2 Å². The Morgan fingerprint density at radius 3 is 3.07 bits per heavy atom. The molecule has 0 amide bonds. The van der Waals surface area contributed by atoms with Crippen molar-refractivity contribution in [1.82, 2.24) is 9.97 Å². The van der Waals surface area contributed by atoms with Crippen LogP contribution < -0.4 is 5.32 Å². The number of anilines is 1. The van der Waals surface area contributed by atoms with Crippen LogP contribution in [0, 0.1) is 6.92 Å². The number of halogens is 1. The number of aryl methyl sites for hydroxylation is 1. The first-order chi connectivity index (χ1) is 7.25. The maximum absolute atomic E-state index is 4.27. The molecule has 0 atom stereocenters. The summed E-state index contributed by atoms with van der Waals surface area (Å²) >= 11 is 3.42. The molecule has 2 N–H and O–H groups in total. The number of aromatic nitrogens is 2. The van der Waals surface area contributed by atoms with Gasteiger partial charge in [-0.25, -0.2) is 4.98 Å². The maximum atomic E-state index is 4.27. The molecule has 0 radical (unpaired) electrons. The zero-order valence-electron chi connectivity index (χ0n) is 8.42. The number of pyridine rings is 1. The van der Waals surface area contributed by atoms with Crippen LogP contribution in [0.4, 0.5) is 5.82 Å². The molecule has 15 heavy (non-hydrogen) atoms. The lowest BCUT2D eigenvalue weighted by Gasteiger charge is -2.05. The topological polar surface area (TPSA) is 40.7 Å². The third kappa shape index (κ3) is 2.59. The molecular formula is C11H12BrN3. The molecule has 0 saturated carbocycles. The number of H-pyrrole nitrogens is 1. The van der Waals surface area contributed by atoms with E-state index in [0.29, 0.717) is 0 Å². The summed E-state index contributed by atoms with van der Waals surface area (Å²) in [4.78, 5) is 7.29. The molecule has 0 aliphatic rings. The number of hydrogen-bond acceptors (Lipinski definition) is 2. The molecule has 3 nitrogen and oxygen atoms in total. The molecule has 0 unspecified atom stereocenters. The molecule has 0 aromatic carbocycles. The molecule has 0 aliphatic carbocycles. The van der Waals surface area contributed by atoms with Gasteiger partial charge in [0.15, 0.2) is 0 Å². The standard InChI is InChI=1S/C11H12BrN3/c1-8-4-11(15-7-10(8)12)14-6-9-2-3-13-5-9/h2-5,7,13H,6H2,1H3,(H,14,15). The summed E-state index contributed by atoms with van der Waals surface area (Å²) < 4.78 is 1.04. The third-order valence-electron chi connectivity index (χ3n) is 2.18. The van der Waals surface area contributed by atoms with Crippen LogP contribution in [0.3, 0.4) is 0 Å². The predicted molar refractivity (Wildman–Crippen MR) is 64.8 cm³/mol. The van der Waals surface area contributed by atoms with Crippen molar-refractivity contribution < 1.29 is 0 Å². The maximum Gasteiger partial charge on any atom is 0.126 e. The van der Waals surface area contributed by atoms with Crippen molar-refractivity contribution in [2.75, 3.05) is 5.32 Å². The van der Waals surface area contributed by atoms with E-state index in [1.807, 2.05) is 37.6 Å². The molecule has 2 aromatic heterocycles.